The largest absolute Gasteiger partial charge is 0.480 e. The van der Waals surface area contributed by atoms with Gasteiger partial charge in [-0.15, -0.1) is 12.4 Å². The van der Waals surface area contributed by atoms with Crippen LogP contribution in [-0.4, -0.2) is 42.8 Å². The lowest BCUT2D eigenvalue weighted by Crippen LogP contribution is -2.43. The fourth-order valence-corrected chi connectivity index (χ4v) is 6.56. The van der Waals surface area contributed by atoms with Crippen molar-refractivity contribution in [3.05, 3.63) is 23.4 Å². The molecule has 188 valence electrons. The predicted molar refractivity (Wildman–Crippen MR) is 135 cm³/mol. The van der Waals surface area contributed by atoms with Crippen LogP contribution >= 0.6 is 12.4 Å². The number of aliphatic carboxylic acids is 1. The maximum absolute atomic E-state index is 12.4. The molecule has 9 heteroatoms. The highest BCUT2D eigenvalue weighted by molar-refractivity contribution is 7.89. The van der Waals surface area contributed by atoms with Gasteiger partial charge in [0.1, 0.15) is 11.9 Å². The number of unbranched alkanes of at least 4 members (excludes halogenated alkanes) is 4. The van der Waals surface area contributed by atoms with Crippen molar-refractivity contribution in [3.63, 3.8) is 0 Å². The molecule has 1 saturated carbocycles. The first kappa shape index (κ1) is 27.9. The number of anilines is 1. The number of sulfonamides is 1. The van der Waals surface area contributed by atoms with E-state index in [0.717, 1.165) is 82.3 Å². The van der Waals surface area contributed by atoms with E-state index in [1.807, 2.05) is 0 Å². The van der Waals surface area contributed by atoms with Crippen LogP contribution < -0.4 is 10.0 Å². The first-order chi connectivity index (χ1) is 15.4. The summed E-state index contributed by atoms with van der Waals surface area (Å²) in [6.07, 6.45) is 13.5. The van der Waals surface area contributed by atoms with Gasteiger partial charge in [0.15, 0.2) is 0 Å². The first-order valence-electron chi connectivity index (χ1n) is 12.4. The number of carboxylic acids is 1. The van der Waals surface area contributed by atoms with E-state index in [9.17, 15) is 18.3 Å². The summed E-state index contributed by atoms with van der Waals surface area (Å²) < 4.78 is 27.3. The highest BCUT2D eigenvalue weighted by Crippen LogP contribution is 2.25. The molecule has 7 nitrogen and oxygen atoms in total. The molecule has 1 fully saturated rings. The van der Waals surface area contributed by atoms with Gasteiger partial charge in [0.05, 0.1) is 5.75 Å². The molecule has 1 aromatic heterocycles. The Morgan fingerprint density at radius 1 is 1.09 bits per heavy atom. The van der Waals surface area contributed by atoms with E-state index in [-0.39, 0.29) is 24.1 Å². The van der Waals surface area contributed by atoms with E-state index in [1.54, 1.807) is 0 Å². The van der Waals surface area contributed by atoms with E-state index >= 15 is 0 Å². The summed E-state index contributed by atoms with van der Waals surface area (Å²) in [5, 5.41) is 12.8. The minimum atomic E-state index is -3.56. The number of nitrogens with one attached hydrogen (secondary N) is 2. The number of pyridine rings is 1. The standard InChI is InChI=1S/C24H39N3O4S.ClH/c28-24(29)22(27-32(30,31)18-19-10-5-4-6-11-19)14-8-3-1-2-7-13-21-16-15-20-12-9-17-25-23(20)26-21;/h15-16,19,22,27H,1-14,17-18H2,(H,25,26)(H,28,29);1H/t22-;/m0./s1. The van der Waals surface area contributed by atoms with Crippen LogP contribution in [0.15, 0.2) is 12.1 Å². The smallest absolute Gasteiger partial charge is 0.321 e. The van der Waals surface area contributed by atoms with Gasteiger partial charge in [-0.05, 0) is 62.5 Å². The van der Waals surface area contributed by atoms with E-state index in [4.69, 9.17) is 4.98 Å². The van der Waals surface area contributed by atoms with Crippen LogP contribution in [0.2, 0.25) is 0 Å². The lowest BCUT2D eigenvalue weighted by atomic mass is 9.91. The molecule has 1 atom stereocenters. The van der Waals surface area contributed by atoms with Crippen LogP contribution in [-0.2, 0) is 27.7 Å². The van der Waals surface area contributed by atoms with Gasteiger partial charge >= 0.3 is 5.97 Å². The molecule has 1 aliphatic heterocycles. The van der Waals surface area contributed by atoms with E-state index < -0.39 is 22.0 Å². The second-order valence-electron chi connectivity index (χ2n) is 9.44. The Morgan fingerprint density at radius 3 is 2.58 bits per heavy atom. The number of aromatic nitrogens is 1. The molecule has 1 aromatic rings. The molecular formula is C24H40ClN3O4S. The number of aryl methyl sites for hydroxylation is 2. The van der Waals surface area contributed by atoms with Crippen LogP contribution in [0.3, 0.4) is 0 Å². The van der Waals surface area contributed by atoms with Gasteiger partial charge in [0, 0.05) is 12.2 Å². The number of fused-ring (bicyclic) bond motifs is 1. The summed E-state index contributed by atoms with van der Waals surface area (Å²) in [5.41, 5.74) is 2.43. The van der Waals surface area contributed by atoms with Crippen molar-refractivity contribution in [1.29, 1.82) is 0 Å². The van der Waals surface area contributed by atoms with Crippen molar-refractivity contribution in [3.8, 4) is 0 Å². The van der Waals surface area contributed by atoms with Crippen molar-refractivity contribution in [2.24, 2.45) is 5.92 Å². The molecule has 0 amide bonds. The third-order valence-corrected chi connectivity index (χ3v) is 8.23. The van der Waals surface area contributed by atoms with Gasteiger partial charge in [-0.25, -0.2) is 18.1 Å². The summed E-state index contributed by atoms with van der Waals surface area (Å²) in [5.74, 6) is 0.183. The van der Waals surface area contributed by atoms with Crippen LogP contribution in [0, 0.1) is 5.92 Å². The zero-order valence-corrected chi connectivity index (χ0v) is 21.2. The Kier molecular flexibility index (Phi) is 11.9. The van der Waals surface area contributed by atoms with E-state index in [1.165, 1.54) is 18.4 Å². The topological polar surface area (TPSA) is 108 Å². The summed E-state index contributed by atoms with van der Waals surface area (Å²) in [6.45, 7) is 0.998. The SMILES string of the molecule is Cl.O=C(O)[C@H](CCCCCCCc1ccc2c(n1)NCCC2)NS(=O)(=O)CC1CCCCC1. The molecule has 0 spiro atoms. The lowest BCUT2D eigenvalue weighted by Gasteiger charge is -2.22. The number of hydrogen-bond acceptors (Lipinski definition) is 5. The molecule has 0 aromatic carbocycles. The Bertz CT molecular complexity index is 844. The van der Waals surface area contributed by atoms with Gasteiger partial charge in [0.25, 0.3) is 0 Å². The Morgan fingerprint density at radius 2 is 1.82 bits per heavy atom. The van der Waals surface area contributed by atoms with Crippen molar-refractivity contribution in [2.45, 2.75) is 95.9 Å². The van der Waals surface area contributed by atoms with Gasteiger partial charge in [0.2, 0.25) is 10.0 Å². The quantitative estimate of drug-likeness (QED) is 0.338. The molecular weight excluding hydrogens is 462 g/mol. The Hall–Kier alpha value is -1.38. The van der Waals surface area contributed by atoms with Crippen LogP contribution in [0.4, 0.5) is 5.82 Å². The summed E-state index contributed by atoms with van der Waals surface area (Å²) in [6, 6.07) is 3.30. The molecule has 3 N–H and O–H groups in total. The number of carboxylic acid groups (broad SMARTS) is 1. The molecule has 2 aliphatic rings. The van der Waals surface area contributed by atoms with Crippen molar-refractivity contribution in [2.75, 3.05) is 17.6 Å². The summed E-state index contributed by atoms with van der Waals surface area (Å²) in [7, 11) is -3.56. The molecule has 0 saturated heterocycles. The fraction of sp³-hybridized carbons (Fsp3) is 0.750. The Balaban J connectivity index is 0.00000385. The van der Waals surface area contributed by atoms with Crippen LogP contribution in [0.5, 0.6) is 0 Å². The monoisotopic (exact) mass is 501 g/mol. The molecule has 3 rings (SSSR count). The number of carbonyl (C=O) groups is 1. The second kappa shape index (κ2) is 14.1. The van der Waals surface area contributed by atoms with E-state index in [2.05, 4.69) is 22.2 Å². The number of halogens is 1. The van der Waals surface area contributed by atoms with Gasteiger partial charge in [-0.1, -0.05) is 51.0 Å². The van der Waals surface area contributed by atoms with Gasteiger partial charge < -0.3 is 10.4 Å². The molecule has 1 aliphatic carbocycles. The minimum Gasteiger partial charge on any atom is -0.480 e. The Labute approximate surface area is 205 Å². The highest BCUT2D eigenvalue weighted by atomic mass is 35.5. The number of rotatable bonds is 13. The molecule has 33 heavy (non-hydrogen) atoms. The number of nitrogens with zero attached hydrogens (tertiary/aromatic N) is 1. The third kappa shape index (κ3) is 9.79. The van der Waals surface area contributed by atoms with E-state index in [0.29, 0.717) is 12.8 Å². The van der Waals surface area contributed by atoms with Crippen molar-refractivity contribution >= 4 is 34.2 Å². The molecule has 2 heterocycles. The maximum Gasteiger partial charge on any atom is 0.321 e. The first-order valence-corrected chi connectivity index (χ1v) is 14.0. The molecule has 0 radical (unpaired) electrons. The third-order valence-electron chi connectivity index (χ3n) is 6.68. The van der Waals surface area contributed by atoms with Crippen molar-refractivity contribution in [1.82, 2.24) is 9.71 Å². The van der Waals surface area contributed by atoms with Gasteiger partial charge in [-0.3, -0.25) is 4.79 Å². The van der Waals surface area contributed by atoms with Crippen LogP contribution in [0.1, 0.15) is 88.3 Å². The lowest BCUT2D eigenvalue weighted by molar-refractivity contribution is -0.139. The summed E-state index contributed by atoms with van der Waals surface area (Å²) in [4.78, 5) is 16.3. The van der Waals surface area contributed by atoms with Gasteiger partial charge in [-0.2, -0.15) is 0 Å². The predicted octanol–water partition coefficient (Wildman–Crippen LogP) is 4.70. The fourth-order valence-electron chi connectivity index (χ4n) is 4.85. The highest BCUT2D eigenvalue weighted by Gasteiger charge is 2.27. The minimum absolute atomic E-state index is 0. The van der Waals surface area contributed by atoms with Crippen LogP contribution in [0.25, 0.3) is 0 Å². The number of hydrogen-bond donors (Lipinski definition) is 3. The maximum atomic E-state index is 12.4. The summed E-state index contributed by atoms with van der Waals surface area (Å²) >= 11 is 0. The molecule has 0 unspecified atom stereocenters. The average Bonchev–Trinajstić information content (AvgIpc) is 2.77. The average molecular weight is 502 g/mol. The van der Waals surface area contributed by atoms with Crippen molar-refractivity contribution < 1.29 is 18.3 Å². The zero-order valence-electron chi connectivity index (χ0n) is 19.6. The second-order valence-corrected chi connectivity index (χ2v) is 11.2. The zero-order chi connectivity index (χ0) is 22.8. The molecule has 0 bridgehead atoms. The normalized spacial score (nSPS) is 17.5.